The van der Waals surface area contributed by atoms with Crippen molar-refractivity contribution in [1.82, 2.24) is 9.88 Å². The Kier molecular flexibility index (Phi) is 4.13. The standard InChI is InChI=1S/C18H21N3O3S/c22-18-16(20-25(23,24)12-13-4-2-1-3-5-13)6-7-17-15-8-14(9-19-10-15)11-21(17)18/h1-7,14-15,19-20H,8-12H2/t14-,15-/m1/s1. The van der Waals surface area contributed by atoms with Crippen LogP contribution >= 0.6 is 0 Å². The number of hydrogen-bond acceptors (Lipinski definition) is 4. The van der Waals surface area contributed by atoms with Crippen LogP contribution in [0.15, 0.2) is 47.3 Å². The largest absolute Gasteiger partial charge is 0.316 e. The number of benzene rings is 1. The SMILES string of the molecule is O=c1c(NS(=O)(=O)Cc2ccccc2)ccc2n1C[C@H]1CNC[C@H]2C1. The zero-order chi connectivity index (χ0) is 17.4. The highest BCUT2D eigenvalue weighted by atomic mass is 32.2. The van der Waals surface area contributed by atoms with Crippen LogP contribution in [0.2, 0.25) is 0 Å². The Bertz CT molecular complexity index is 938. The molecule has 2 aliphatic rings. The first-order valence-corrected chi connectivity index (χ1v) is 10.2. The molecule has 1 aromatic carbocycles. The van der Waals surface area contributed by atoms with Gasteiger partial charge in [-0.2, -0.15) is 0 Å². The summed E-state index contributed by atoms with van der Waals surface area (Å²) in [7, 11) is -3.63. The van der Waals surface area contributed by atoms with Gasteiger partial charge in [-0.05, 0) is 36.6 Å². The highest BCUT2D eigenvalue weighted by molar-refractivity contribution is 7.91. The van der Waals surface area contributed by atoms with Gasteiger partial charge in [0.25, 0.3) is 5.56 Å². The molecule has 2 aliphatic heterocycles. The molecule has 2 aromatic rings. The fraction of sp³-hybridized carbons (Fsp3) is 0.389. The van der Waals surface area contributed by atoms with Crippen molar-refractivity contribution >= 4 is 15.7 Å². The van der Waals surface area contributed by atoms with Gasteiger partial charge in [-0.1, -0.05) is 30.3 Å². The lowest BCUT2D eigenvalue weighted by atomic mass is 9.84. The minimum absolute atomic E-state index is 0.132. The summed E-state index contributed by atoms with van der Waals surface area (Å²) in [6.07, 6.45) is 1.09. The summed E-state index contributed by atoms with van der Waals surface area (Å²) >= 11 is 0. The van der Waals surface area contributed by atoms with E-state index in [9.17, 15) is 13.2 Å². The molecule has 2 atom stereocenters. The lowest BCUT2D eigenvalue weighted by molar-refractivity contribution is 0.257. The lowest BCUT2D eigenvalue weighted by Gasteiger charge is -2.37. The fourth-order valence-corrected chi connectivity index (χ4v) is 5.06. The van der Waals surface area contributed by atoms with Crippen LogP contribution in [0.4, 0.5) is 5.69 Å². The maximum Gasteiger partial charge on any atom is 0.275 e. The van der Waals surface area contributed by atoms with E-state index >= 15 is 0 Å². The molecule has 1 fully saturated rings. The summed E-state index contributed by atoms with van der Waals surface area (Å²) in [5.41, 5.74) is 1.58. The van der Waals surface area contributed by atoms with Gasteiger partial charge < -0.3 is 9.88 Å². The van der Waals surface area contributed by atoms with Crippen molar-refractivity contribution in [2.24, 2.45) is 5.92 Å². The number of hydrogen-bond donors (Lipinski definition) is 2. The summed E-state index contributed by atoms with van der Waals surface area (Å²) in [5.74, 6) is 0.611. The Balaban J connectivity index is 1.61. The molecular weight excluding hydrogens is 338 g/mol. The third-order valence-corrected chi connectivity index (χ3v) is 6.22. The maximum atomic E-state index is 12.8. The molecule has 0 saturated carbocycles. The molecule has 3 heterocycles. The summed E-state index contributed by atoms with van der Waals surface area (Å²) in [4.78, 5) is 12.8. The van der Waals surface area contributed by atoms with E-state index in [-0.39, 0.29) is 17.0 Å². The molecule has 1 aromatic heterocycles. The number of rotatable bonds is 4. The number of nitrogens with zero attached hydrogens (tertiary/aromatic N) is 1. The Morgan fingerprint density at radius 1 is 1.12 bits per heavy atom. The molecule has 1 saturated heterocycles. The van der Waals surface area contributed by atoms with Crippen molar-refractivity contribution in [3.8, 4) is 0 Å². The summed E-state index contributed by atoms with van der Waals surface area (Å²) in [6.45, 7) is 2.42. The van der Waals surface area contributed by atoms with Crippen LogP contribution in [0.1, 0.15) is 23.6 Å². The van der Waals surface area contributed by atoms with Gasteiger partial charge in [0.2, 0.25) is 10.0 Å². The molecule has 0 aliphatic carbocycles. The monoisotopic (exact) mass is 359 g/mol. The highest BCUT2D eigenvalue weighted by Crippen LogP contribution is 2.32. The van der Waals surface area contributed by atoms with Crippen LogP contribution < -0.4 is 15.6 Å². The van der Waals surface area contributed by atoms with Crippen LogP contribution in [0, 0.1) is 5.92 Å². The van der Waals surface area contributed by atoms with Gasteiger partial charge >= 0.3 is 0 Å². The number of anilines is 1. The Morgan fingerprint density at radius 2 is 1.92 bits per heavy atom. The van der Waals surface area contributed by atoms with E-state index in [1.54, 1.807) is 34.9 Å². The number of fused-ring (bicyclic) bond motifs is 4. The van der Waals surface area contributed by atoms with Gasteiger partial charge in [0.15, 0.2) is 0 Å². The van der Waals surface area contributed by atoms with Crippen molar-refractivity contribution in [2.45, 2.75) is 24.6 Å². The second kappa shape index (κ2) is 6.31. The molecule has 2 N–H and O–H groups in total. The van der Waals surface area contributed by atoms with E-state index in [0.29, 0.717) is 23.9 Å². The Hall–Kier alpha value is -2.12. The first-order valence-electron chi connectivity index (χ1n) is 8.51. The second-order valence-corrected chi connectivity index (χ2v) is 8.61. The molecule has 25 heavy (non-hydrogen) atoms. The molecule has 0 unspecified atom stereocenters. The number of sulfonamides is 1. The predicted octanol–water partition coefficient (Wildman–Crippen LogP) is 1.50. The molecule has 132 valence electrons. The van der Waals surface area contributed by atoms with Gasteiger partial charge in [0.1, 0.15) is 5.69 Å². The third-order valence-electron chi connectivity index (χ3n) is 4.97. The maximum absolute atomic E-state index is 12.8. The topological polar surface area (TPSA) is 80.2 Å². The van der Waals surface area contributed by atoms with E-state index < -0.39 is 10.0 Å². The van der Waals surface area contributed by atoms with Crippen molar-refractivity contribution in [3.63, 3.8) is 0 Å². The zero-order valence-corrected chi connectivity index (χ0v) is 14.6. The highest BCUT2D eigenvalue weighted by Gasteiger charge is 2.31. The van der Waals surface area contributed by atoms with Gasteiger partial charge in [0, 0.05) is 24.7 Å². The summed E-state index contributed by atoms with van der Waals surface area (Å²) < 4.78 is 29.1. The van der Waals surface area contributed by atoms with Gasteiger partial charge in [0.05, 0.1) is 5.75 Å². The van der Waals surface area contributed by atoms with Crippen molar-refractivity contribution in [3.05, 3.63) is 64.1 Å². The average molecular weight is 359 g/mol. The molecule has 0 amide bonds. The number of aromatic nitrogens is 1. The average Bonchev–Trinajstić information content (AvgIpc) is 2.58. The third kappa shape index (κ3) is 3.34. The van der Waals surface area contributed by atoms with Crippen LogP contribution in [-0.2, 0) is 22.3 Å². The first-order chi connectivity index (χ1) is 12.0. The van der Waals surface area contributed by atoms with E-state index in [1.807, 2.05) is 12.1 Å². The van der Waals surface area contributed by atoms with E-state index in [0.717, 1.165) is 25.2 Å². The Labute approximate surface area is 146 Å². The lowest BCUT2D eigenvalue weighted by Crippen LogP contribution is -2.45. The van der Waals surface area contributed by atoms with E-state index in [1.165, 1.54) is 0 Å². The first kappa shape index (κ1) is 16.4. The molecule has 0 spiro atoms. The van der Waals surface area contributed by atoms with Gasteiger partial charge in [-0.3, -0.25) is 9.52 Å². The smallest absolute Gasteiger partial charge is 0.275 e. The van der Waals surface area contributed by atoms with Crippen molar-refractivity contribution in [2.75, 3.05) is 17.8 Å². The zero-order valence-electron chi connectivity index (χ0n) is 13.8. The normalized spacial score (nSPS) is 22.2. The van der Waals surface area contributed by atoms with E-state index in [4.69, 9.17) is 0 Å². The van der Waals surface area contributed by atoms with Crippen molar-refractivity contribution < 1.29 is 8.42 Å². The Morgan fingerprint density at radius 3 is 2.72 bits per heavy atom. The van der Waals surface area contributed by atoms with Gasteiger partial charge in [-0.15, -0.1) is 0 Å². The molecule has 0 radical (unpaired) electrons. The molecule has 4 rings (SSSR count). The molecular formula is C18H21N3O3S. The number of piperidine rings is 1. The second-order valence-electron chi connectivity index (χ2n) is 6.89. The van der Waals surface area contributed by atoms with Crippen LogP contribution in [0.25, 0.3) is 0 Å². The number of pyridine rings is 1. The van der Waals surface area contributed by atoms with Crippen LogP contribution in [0.5, 0.6) is 0 Å². The van der Waals surface area contributed by atoms with Gasteiger partial charge in [-0.25, -0.2) is 8.42 Å². The minimum Gasteiger partial charge on any atom is -0.316 e. The minimum atomic E-state index is -3.63. The van der Waals surface area contributed by atoms with Crippen LogP contribution in [-0.4, -0.2) is 26.1 Å². The van der Waals surface area contributed by atoms with E-state index in [2.05, 4.69) is 10.0 Å². The molecule has 2 bridgehead atoms. The summed E-state index contributed by atoms with van der Waals surface area (Å²) in [5, 5.41) is 3.40. The predicted molar refractivity (Wildman–Crippen MR) is 97.1 cm³/mol. The fourth-order valence-electron chi connectivity index (χ4n) is 3.87. The quantitative estimate of drug-likeness (QED) is 0.867. The number of nitrogens with one attached hydrogen (secondary N) is 2. The molecule has 7 heteroatoms. The summed E-state index contributed by atoms with van der Waals surface area (Å²) in [6, 6.07) is 12.4. The van der Waals surface area contributed by atoms with Crippen LogP contribution in [0.3, 0.4) is 0 Å². The van der Waals surface area contributed by atoms with Crippen molar-refractivity contribution in [1.29, 1.82) is 0 Å². The molecule has 6 nitrogen and oxygen atoms in total.